The van der Waals surface area contributed by atoms with Gasteiger partial charge in [-0.25, -0.2) is 4.79 Å². The van der Waals surface area contributed by atoms with Crippen LogP contribution >= 0.6 is 0 Å². The molecule has 26 heavy (non-hydrogen) atoms. The molecule has 0 saturated heterocycles. The fraction of sp³-hybridized carbons (Fsp3) is 0.600. The summed E-state index contributed by atoms with van der Waals surface area (Å²) in [6.07, 6.45) is -3.84. The molecule has 3 N–H and O–H groups in total. The maximum absolute atomic E-state index is 10.6. The topological polar surface area (TPSA) is 117 Å². The van der Waals surface area contributed by atoms with E-state index in [9.17, 15) is 13.2 Å². The molecule has 144 valence electrons. The van der Waals surface area contributed by atoms with E-state index in [2.05, 4.69) is 38.9 Å². The Kier molecular flexibility index (Phi) is 5.69. The van der Waals surface area contributed by atoms with Gasteiger partial charge in [0.2, 0.25) is 0 Å². The van der Waals surface area contributed by atoms with Crippen molar-refractivity contribution in [2.75, 3.05) is 0 Å². The van der Waals surface area contributed by atoms with Crippen LogP contribution in [-0.2, 0) is 16.9 Å². The highest BCUT2D eigenvalue weighted by Gasteiger charge is 2.38. The van der Waals surface area contributed by atoms with Gasteiger partial charge in [-0.05, 0) is 38.3 Å². The third-order valence-corrected chi connectivity index (χ3v) is 4.01. The molecule has 1 saturated carbocycles. The summed E-state index contributed by atoms with van der Waals surface area (Å²) in [5.41, 5.74) is -0.340. The minimum Gasteiger partial charge on any atom is -0.475 e. The van der Waals surface area contributed by atoms with Gasteiger partial charge in [-0.1, -0.05) is 12.1 Å². The lowest BCUT2D eigenvalue weighted by molar-refractivity contribution is -0.192. The van der Waals surface area contributed by atoms with Crippen LogP contribution in [0.4, 0.5) is 13.2 Å². The average Bonchev–Trinajstić information content (AvgIpc) is 3.02. The molecule has 1 aliphatic carbocycles. The van der Waals surface area contributed by atoms with Crippen LogP contribution < -0.4 is 5.32 Å². The van der Waals surface area contributed by atoms with Crippen LogP contribution in [0.25, 0.3) is 0 Å². The van der Waals surface area contributed by atoms with E-state index >= 15 is 0 Å². The summed E-state index contributed by atoms with van der Waals surface area (Å²) in [5, 5.41) is 24.6. The van der Waals surface area contributed by atoms with Crippen molar-refractivity contribution in [2.24, 2.45) is 5.92 Å². The van der Waals surface area contributed by atoms with Crippen molar-refractivity contribution in [1.29, 1.82) is 0 Å². The predicted molar refractivity (Wildman–Crippen MR) is 83.0 cm³/mol. The first-order valence-electron chi connectivity index (χ1n) is 7.88. The number of carboxylic acid groups (broad SMARTS) is 1. The van der Waals surface area contributed by atoms with Crippen LogP contribution in [-0.4, -0.2) is 37.9 Å². The Bertz CT molecular complexity index is 727. The van der Waals surface area contributed by atoms with Crippen molar-refractivity contribution in [3.8, 4) is 0 Å². The lowest BCUT2D eigenvalue weighted by atomic mass is 10.1. The number of aromatic nitrogens is 4. The smallest absolute Gasteiger partial charge is 0.475 e. The molecule has 11 heteroatoms. The van der Waals surface area contributed by atoms with Gasteiger partial charge in [-0.15, -0.1) is 10.2 Å². The van der Waals surface area contributed by atoms with Gasteiger partial charge >= 0.3 is 12.1 Å². The molecule has 0 aliphatic heterocycles. The molecule has 2 aromatic rings. The number of rotatable bonds is 5. The van der Waals surface area contributed by atoms with Crippen molar-refractivity contribution in [3.63, 3.8) is 0 Å². The summed E-state index contributed by atoms with van der Waals surface area (Å²) in [6, 6.07) is 4.13. The molecule has 2 heterocycles. The zero-order valence-electron chi connectivity index (χ0n) is 14.5. The molecule has 3 rings (SSSR count). The van der Waals surface area contributed by atoms with Gasteiger partial charge in [0.15, 0.2) is 5.82 Å². The van der Waals surface area contributed by atoms with Crippen LogP contribution in [0.15, 0.2) is 16.5 Å². The molecule has 8 nitrogen and oxygen atoms in total. The predicted octanol–water partition coefficient (Wildman–Crippen LogP) is 2.57. The van der Waals surface area contributed by atoms with E-state index in [-0.39, 0.29) is 5.54 Å². The molecule has 0 radical (unpaired) electrons. The molecule has 0 aromatic carbocycles. The van der Waals surface area contributed by atoms with E-state index in [4.69, 9.17) is 14.3 Å². The molecule has 2 unspecified atom stereocenters. The largest absolute Gasteiger partial charge is 0.490 e. The summed E-state index contributed by atoms with van der Waals surface area (Å²) < 4.78 is 37.6. The minimum atomic E-state index is -5.08. The molecule has 1 aliphatic rings. The Balaban J connectivity index is 0.000000298. The Labute approximate surface area is 147 Å². The summed E-state index contributed by atoms with van der Waals surface area (Å²) >= 11 is 0. The van der Waals surface area contributed by atoms with Gasteiger partial charge in [0.1, 0.15) is 11.5 Å². The van der Waals surface area contributed by atoms with Gasteiger partial charge in [0, 0.05) is 5.92 Å². The molecule has 2 atom stereocenters. The van der Waals surface area contributed by atoms with Crippen molar-refractivity contribution < 1.29 is 27.5 Å². The van der Waals surface area contributed by atoms with Crippen molar-refractivity contribution in [1.82, 2.24) is 25.9 Å². The molecule has 0 bridgehead atoms. The van der Waals surface area contributed by atoms with Crippen molar-refractivity contribution in [2.45, 2.75) is 51.4 Å². The van der Waals surface area contributed by atoms with E-state index in [1.807, 2.05) is 19.9 Å². The van der Waals surface area contributed by atoms with E-state index in [1.165, 1.54) is 6.42 Å². The highest BCUT2D eigenvalue weighted by Crippen LogP contribution is 2.47. The third kappa shape index (κ3) is 5.28. The zero-order valence-corrected chi connectivity index (χ0v) is 14.5. The molecule has 1 fully saturated rings. The SMILES string of the molecule is CC1CC1c1ccc(CNC(C)(C)c2nn[nH]n2)o1.O=C(O)C(F)(F)F. The zero-order chi connectivity index (χ0) is 19.5. The first-order valence-corrected chi connectivity index (χ1v) is 7.88. The van der Waals surface area contributed by atoms with Crippen LogP contribution in [0.3, 0.4) is 0 Å². The average molecular weight is 375 g/mol. The Morgan fingerprint density at radius 2 is 2.04 bits per heavy atom. The first-order chi connectivity index (χ1) is 12.0. The van der Waals surface area contributed by atoms with E-state index in [1.54, 1.807) is 0 Å². The fourth-order valence-corrected chi connectivity index (χ4v) is 2.22. The standard InChI is InChI=1S/C13H19N5O.C2HF3O2/c1-8-6-10(8)11-5-4-9(19-11)7-14-13(2,3)12-15-17-18-16-12;3-2(4,5)1(6)7/h4-5,8,10,14H,6-7H2,1-3H3,(H,15,16,17,18);(H,6,7). The van der Waals surface area contributed by atoms with Gasteiger partial charge in [0.25, 0.3) is 0 Å². The number of hydrogen-bond acceptors (Lipinski definition) is 6. The summed E-state index contributed by atoms with van der Waals surface area (Å²) in [4.78, 5) is 8.90. The number of carbonyl (C=O) groups is 1. The second-order valence-electron chi connectivity index (χ2n) is 6.64. The van der Waals surface area contributed by atoms with Crippen LogP contribution in [0.5, 0.6) is 0 Å². The number of halogens is 3. The first kappa shape index (κ1) is 19.9. The second kappa shape index (κ2) is 7.44. The maximum atomic E-state index is 10.6. The van der Waals surface area contributed by atoms with E-state index in [0.717, 1.165) is 17.4 Å². The van der Waals surface area contributed by atoms with E-state index in [0.29, 0.717) is 18.3 Å². The normalized spacial score (nSPS) is 19.6. The summed E-state index contributed by atoms with van der Waals surface area (Å²) in [5.74, 6) is 1.34. The number of furan rings is 1. The Morgan fingerprint density at radius 1 is 1.42 bits per heavy atom. The lowest BCUT2D eigenvalue weighted by Gasteiger charge is -2.21. The number of aliphatic carboxylic acids is 1. The maximum Gasteiger partial charge on any atom is 0.490 e. The molecule has 2 aromatic heterocycles. The summed E-state index contributed by atoms with van der Waals surface area (Å²) in [7, 11) is 0. The van der Waals surface area contributed by atoms with Crippen LogP contribution in [0.2, 0.25) is 0 Å². The van der Waals surface area contributed by atoms with Gasteiger partial charge in [0.05, 0.1) is 12.1 Å². The molecule has 0 spiro atoms. The fourth-order valence-electron chi connectivity index (χ4n) is 2.22. The van der Waals surface area contributed by atoms with Crippen molar-refractivity contribution >= 4 is 5.97 Å². The number of H-pyrrole nitrogens is 1. The number of hydrogen-bond donors (Lipinski definition) is 3. The highest BCUT2D eigenvalue weighted by atomic mass is 19.4. The number of nitrogens with one attached hydrogen (secondary N) is 2. The van der Waals surface area contributed by atoms with Gasteiger partial charge in [-0.2, -0.15) is 18.4 Å². The quantitative estimate of drug-likeness (QED) is 0.735. The highest BCUT2D eigenvalue weighted by molar-refractivity contribution is 5.73. The number of carboxylic acids is 1. The van der Waals surface area contributed by atoms with Gasteiger partial charge in [-0.3, -0.25) is 5.32 Å². The monoisotopic (exact) mass is 375 g/mol. The second-order valence-corrected chi connectivity index (χ2v) is 6.64. The Morgan fingerprint density at radius 3 is 2.50 bits per heavy atom. The number of alkyl halides is 3. The number of nitrogens with zero attached hydrogens (tertiary/aromatic N) is 3. The molecular formula is C15H20F3N5O3. The van der Waals surface area contributed by atoms with Crippen molar-refractivity contribution in [3.05, 3.63) is 29.5 Å². The Hall–Kier alpha value is -2.43. The molecule has 0 amide bonds. The number of aromatic amines is 1. The third-order valence-electron chi connectivity index (χ3n) is 4.01. The lowest BCUT2D eigenvalue weighted by Crippen LogP contribution is -2.37. The molecular weight excluding hydrogens is 355 g/mol. The number of tetrazole rings is 1. The summed E-state index contributed by atoms with van der Waals surface area (Å²) in [6.45, 7) is 6.95. The minimum absolute atomic E-state index is 0.340. The van der Waals surface area contributed by atoms with Gasteiger partial charge < -0.3 is 9.52 Å². The van der Waals surface area contributed by atoms with E-state index < -0.39 is 12.1 Å². The van der Waals surface area contributed by atoms with Crippen LogP contribution in [0, 0.1) is 5.92 Å². The van der Waals surface area contributed by atoms with Crippen LogP contribution in [0.1, 0.15) is 50.5 Å².